The van der Waals surface area contributed by atoms with E-state index in [-0.39, 0.29) is 16.4 Å². The Bertz CT molecular complexity index is 600. The van der Waals surface area contributed by atoms with Crippen molar-refractivity contribution >= 4 is 15.6 Å². The molecule has 0 bridgehead atoms. The Morgan fingerprint density at radius 2 is 1.50 bits per heavy atom. The maximum absolute atomic E-state index is 12.2. The highest BCUT2D eigenvalue weighted by molar-refractivity contribution is 7.92. The smallest absolute Gasteiger partial charge is 0.185 e. The third kappa shape index (κ3) is 8.44. The van der Waals surface area contributed by atoms with Crippen LogP contribution in [-0.2, 0) is 14.6 Å². The highest BCUT2D eigenvalue weighted by Crippen LogP contribution is 2.14. The number of hydrogen-bond acceptors (Lipinski definition) is 3. The standard InChI is InChI=1S/C20H30O3S/c1-3-4-5-6-7-8-9-10-11-12-19(21)17-24(22,23)20-15-13-18(2)14-16-20/h3,13-16H,1,4-12,17H2,2H3. The minimum atomic E-state index is -3.49. The maximum atomic E-state index is 12.2. The lowest BCUT2D eigenvalue weighted by Gasteiger charge is -2.05. The summed E-state index contributed by atoms with van der Waals surface area (Å²) in [5.41, 5.74) is 1.00. The van der Waals surface area contributed by atoms with Gasteiger partial charge < -0.3 is 0 Å². The molecule has 1 rings (SSSR count). The molecule has 0 amide bonds. The van der Waals surface area contributed by atoms with Crippen molar-refractivity contribution in [3.63, 3.8) is 0 Å². The average Bonchev–Trinajstić information content (AvgIpc) is 2.53. The fourth-order valence-corrected chi connectivity index (χ4v) is 3.89. The third-order valence-corrected chi connectivity index (χ3v) is 5.79. The monoisotopic (exact) mass is 350 g/mol. The van der Waals surface area contributed by atoms with Gasteiger partial charge in [-0.1, -0.05) is 55.9 Å². The fraction of sp³-hybridized carbons (Fsp3) is 0.550. The van der Waals surface area contributed by atoms with Crippen LogP contribution < -0.4 is 0 Å². The van der Waals surface area contributed by atoms with Gasteiger partial charge in [0.2, 0.25) is 0 Å². The van der Waals surface area contributed by atoms with Crippen LogP contribution in [0.15, 0.2) is 41.8 Å². The first-order chi connectivity index (χ1) is 11.5. The molecule has 0 aliphatic rings. The molecule has 0 saturated heterocycles. The predicted octanol–water partition coefficient (Wildman–Crippen LogP) is 5.03. The zero-order chi connectivity index (χ0) is 17.8. The normalized spacial score (nSPS) is 11.4. The Balaban J connectivity index is 2.19. The summed E-state index contributed by atoms with van der Waals surface area (Å²) < 4.78 is 24.4. The van der Waals surface area contributed by atoms with Gasteiger partial charge in [0.05, 0.1) is 4.90 Å². The lowest BCUT2D eigenvalue weighted by Crippen LogP contribution is -2.16. The van der Waals surface area contributed by atoms with Crippen LogP contribution >= 0.6 is 0 Å². The molecule has 3 nitrogen and oxygen atoms in total. The largest absolute Gasteiger partial charge is 0.299 e. The molecule has 0 fully saturated rings. The molecule has 134 valence electrons. The van der Waals surface area contributed by atoms with Crippen molar-refractivity contribution in [2.75, 3.05) is 5.75 Å². The van der Waals surface area contributed by atoms with Crippen molar-refractivity contribution in [2.45, 2.75) is 69.6 Å². The molecule has 0 atom stereocenters. The van der Waals surface area contributed by atoms with Crippen LogP contribution in [0.25, 0.3) is 0 Å². The average molecular weight is 351 g/mol. The van der Waals surface area contributed by atoms with Crippen LogP contribution in [0.5, 0.6) is 0 Å². The topological polar surface area (TPSA) is 51.2 Å². The summed E-state index contributed by atoms with van der Waals surface area (Å²) in [7, 11) is -3.49. The molecule has 0 aromatic heterocycles. The first-order valence-electron chi connectivity index (χ1n) is 8.88. The number of rotatable bonds is 13. The number of aryl methyl sites for hydroxylation is 1. The molecule has 0 saturated carbocycles. The number of sulfone groups is 1. The van der Waals surface area contributed by atoms with Gasteiger partial charge >= 0.3 is 0 Å². The lowest BCUT2D eigenvalue weighted by atomic mass is 10.1. The quantitative estimate of drug-likeness (QED) is 0.370. The lowest BCUT2D eigenvalue weighted by molar-refractivity contribution is -0.116. The van der Waals surface area contributed by atoms with Gasteiger partial charge in [-0.15, -0.1) is 6.58 Å². The zero-order valence-corrected chi connectivity index (χ0v) is 15.6. The van der Waals surface area contributed by atoms with Crippen molar-refractivity contribution in [2.24, 2.45) is 0 Å². The second-order valence-electron chi connectivity index (χ2n) is 6.41. The number of carbonyl (C=O) groups excluding carboxylic acids is 1. The number of hydrogen-bond donors (Lipinski definition) is 0. The maximum Gasteiger partial charge on any atom is 0.185 e. The first-order valence-corrected chi connectivity index (χ1v) is 10.5. The van der Waals surface area contributed by atoms with Crippen LogP contribution in [-0.4, -0.2) is 20.0 Å². The van der Waals surface area contributed by atoms with Gasteiger partial charge in [-0.05, 0) is 38.3 Å². The Kier molecular flexibility index (Phi) is 9.62. The van der Waals surface area contributed by atoms with Crippen molar-refractivity contribution in [3.05, 3.63) is 42.5 Å². The molecule has 1 aromatic rings. The van der Waals surface area contributed by atoms with Crippen molar-refractivity contribution in [1.29, 1.82) is 0 Å². The third-order valence-electron chi connectivity index (χ3n) is 4.09. The van der Waals surface area contributed by atoms with E-state index in [4.69, 9.17) is 0 Å². The second kappa shape index (κ2) is 11.2. The zero-order valence-electron chi connectivity index (χ0n) is 14.8. The summed E-state index contributed by atoms with van der Waals surface area (Å²) in [6.45, 7) is 5.61. The molecule has 4 heteroatoms. The van der Waals surface area contributed by atoms with Crippen LogP contribution in [0.2, 0.25) is 0 Å². The SMILES string of the molecule is C=CCCCCCCCCCC(=O)CS(=O)(=O)c1ccc(C)cc1. The highest BCUT2D eigenvalue weighted by Gasteiger charge is 2.18. The summed E-state index contributed by atoms with van der Waals surface area (Å²) in [6, 6.07) is 6.66. The number of ketones is 1. The van der Waals surface area contributed by atoms with E-state index in [0.29, 0.717) is 6.42 Å². The van der Waals surface area contributed by atoms with Crippen molar-refractivity contribution < 1.29 is 13.2 Å². The molecule has 0 spiro atoms. The second-order valence-corrected chi connectivity index (χ2v) is 8.40. The fourth-order valence-electron chi connectivity index (χ4n) is 2.61. The summed E-state index contributed by atoms with van der Waals surface area (Å²) in [4.78, 5) is 12.2. The predicted molar refractivity (Wildman–Crippen MR) is 100.0 cm³/mol. The van der Waals surface area contributed by atoms with E-state index < -0.39 is 9.84 Å². The molecule has 0 N–H and O–H groups in total. The number of unbranched alkanes of at least 4 members (excludes halogenated alkanes) is 7. The van der Waals surface area contributed by atoms with Gasteiger partial charge in [0.25, 0.3) is 0 Å². The molecular formula is C20H30O3S. The van der Waals surface area contributed by atoms with Gasteiger partial charge in [-0.2, -0.15) is 0 Å². The molecular weight excluding hydrogens is 320 g/mol. The Morgan fingerprint density at radius 3 is 2.08 bits per heavy atom. The van der Waals surface area contributed by atoms with Crippen LogP contribution in [0.3, 0.4) is 0 Å². The van der Waals surface area contributed by atoms with Crippen LogP contribution in [0.4, 0.5) is 0 Å². The molecule has 1 aromatic carbocycles. The summed E-state index contributed by atoms with van der Waals surface area (Å²) in [5, 5.41) is 0. The van der Waals surface area contributed by atoms with Gasteiger partial charge in [-0.25, -0.2) is 8.42 Å². The minimum absolute atomic E-state index is 0.179. The summed E-state index contributed by atoms with van der Waals surface area (Å²) in [6.07, 6.45) is 11.2. The molecule has 0 radical (unpaired) electrons. The van der Waals surface area contributed by atoms with Gasteiger partial charge in [0, 0.05) is 6.42 Å². The number of carbonyl (C=O) groups is 1. The van der Waals surface area contributed by atoms with E-state index in [1.165, 1.54) is 25.7 Å². The van der Waals surface area contributed by atoms with Crippen molar-refractivity contribution in [3.8, 4) is 0 Å². The Labute approximate surface area is 147 Å². The molecule has 0 aliphatic carbocycles. The summed E-state index contributed by atoms with van der Waals surface area (Å²) >= 11 is 0. The van der Waals surface area contributed by atoms with E-state index in [1.54, 1.807) is 24.3 Å². The van der Waals surface area contributed by atoms with E-state index in [0.717, 1.165) is 31.2 Å². The van der Waals surface area contributed by atoms with Crippen LogP contribution in [0.1, 0.15) is 63.4 Å². The van der Waals surface area contributed by atoms with Crippen LogP contribution in [0, 0.1) is 6.92 Å². The highest BCUT2D eigenvalue weighted by atomic mass is 32.2. The Hall–Kier alpha value is -1.42. The van der Waals surface area contributed by atoms with Gasteiger partial charge in [0.15, 0.2) is 9.84 Å². The van der Waals surface area contributed by atoms with Gasteiger partial charge in [0.1, 0.15) is 11.5 Å². The minimum Gasteiger partial charge on any atom is -0.299 e. The van der Waals surface area contributed by atoms with E-state index in [2.05, 4.69) is 6.58 Å². The van der Waals surface area contributed by atoms with Gasteiger partial charge in [-0.3, -0.25) is 4.79 Å². The molecule has 0 aliphatic heterocycles. The Morgan fingerprint density at radius 1 is 0.958 bits per heavy atom. The van der Waals surface area contributed by atoms with E-state index in [1.807, 2.05) is 13.0 Å². The molecule has 0 heterocycles. The molecule has 0 unspecified atom stereocenters. The summed E-state index contributed by atoms with van der Waals surface area (Å²) in [5.74, 6) is -0.556. The van der Waals surface area contributed by atoms with E-state index in [9.17, 15) is 13.2 Å². The van der Waals surface area contributed by atoms with E-state index >= 15 is 0 Å². The number of Topliss-reactive ketones (excluding diaryl/α,β-unsaturated/α-hetero) is 1. The van der Waals surface area contributed by atoms with Crippen molar-refractivity contribution in [1.82, 2.24) is 0 Å². The number of allylic oxidation sites excluding steroid dienone is 1. The molecule has 24 heavy (non-hydrogen) atoms. The first kappa shape index (κ1) is 20.6. The number of benzene rings is 1.